The Morgan fingerprint density at radius 3 is 3.09 bits per heavy atom. The summed E-state index contributed by atoms with van der Waals surface area (Å²) in [5.41, 5.74) is 0. The molecule has 1 aliphatic heterocycles. The lowest BCUT2D eigenvalue weighted by Gasteiger charge is -2.12. The molecule has 0 radical (unpaired) electrons. The third-order valence-electron chi connectivity index (χ3n) is 1.72. The first-order valence-corrected chi connectivity index (χ1v) is 4.14. The number of nitrogens with zero attached hydrogens (tertiary/aromatic N) is 1. The lowest BCUT2D eigenvalue weighted by atomic mass is 10.2. The molecule has 1 N–H and O–H groups in total. The first kappa shape index (κ1) is 8.13. The average Bonchev–Trinajstić information content (AvgIpc) is 2.07. The second kappa shape index (κ2) is 4.79. The molecule has 2 nitrogen and oxygen atoms in total. The molecule has 2 heteroatoms. The van der Waals surface area contributed by atoms with Gasteiger partial charge in [0.25, 0.3) is 0 Å². The second-order valence-corrected chi connectivity index (χ2v) is 2.67. The van der Waals surface area contributed by atoms with Gasteiger partial charge in [0.05, 0.1) is 5.84 Å². The van der Waals surface area contributed by atoms with Crippen LogP contribution in [0.2, 0.25) is 0 Å². The van der Waals surface area contributed by atoms with Crippen molar-refractivity contribution in [1.82, 2.24) is 5.32 Å². The van der Waals surface area contributed by atoms with Crippen molar-refractivity contribution in [2.75, 3.05) is 13.1 Å². The SMILES string of the molecule is C#CCCNC1=NCCCC1. The molecule has 11 heavy (non-hydrogen) atoms. The zero-order valence-corrected chi connectivity index (χ0v) is 6.77. The highest BCUT2D eigenvalue weighted by atomic mass is 15.0. The highest BCUT2D eigenvalue weighted by Gasteiger charge is 2.02. The lowest BCUT2D eigenvalue weighted by molar-refractivity contribution is 0.707. The third-order valence-corrected chi connectivity index (χ3v) is 1.72. The zero-order valence-electron chi connectivity index (χ0n) is 6.77. The van der Waals surface area contributed by atoms with Crippen LogP contribution in [0.5, 0.6) is 0 Å². The van der Waals surface area contributed by atoms with E-state index in [2.05, 4.69) is 16.2 Å². The minimum Gasteiger partial charge on any atom is -0.373 e. The normalized spacial score (nSPS) is 16.8. The van der Waals surface area contributed by atoms with Gasteiger partial charge in [0.2, 0.25) is 0 Å². The zero-order chi connectivity index (χ0) is 7.94. The Kier molecular flexibility index (Phi) is 3.54. The van der Waals surface area contributed by atoms with Gasteiger partial charge in [-0.2, -0.15) is 0 Å². The second-order valence-electron chi connectivity index (χ2n) is 2.67. The van der Waals surface area contributed by atoms with Gasteiger partial charge >= 0.3 is 0 Å². The van der Waals surface area contributed by atoms with Gasteiger partial charge in [-0.1, -0.05) is 0 Å². The average molecular weight is 150 g/mol. The molecule has 0 atom stereocenters. The van der Waals surface area contributed by atoms with E-state index >= 15 is 0 Å². The summed E-state index contributed by atoms with van der Waals surface area (Å²) < 4.78 is 0. The minimum absolute atomic E-state index is 0.791. The highest BCUT2D eigenvalue weighted by Crippen LogP contribution is 2.03. The Labute approximate surface area is 68.1 Å². The molecule has 0 aliphatic carbocycles. The molecule has 0 spiro atoms. The standard InChI is InChI=1S/C9H14N2/c1-2-3-7-10-9-6-4-5-8-11-9/h1H,3-8H2,(H,10,11). The van der Waals surface area contributed by atoms with E-state index in [4.69, 9.17) is 6.42 Å². The Morgan fingerprint density at radius 2 is 2.45 bits per heavy atom. The predicted molar refractivity (Wildman–Crippen MR) is 47.6 cm³/mol. The Morgan fingerprint density at radius 1 is 1.55 bits per heavy atom. The van der Waals surface area contributed by atoms with Crippen LogP contribution in [-0.4, -0.2) is 18.9 Å². The molecule has 0 aromatic heterocycles. The molecule has 0 saturated carbocycles. The Hall–Kier alpha value is -0.970. The van der Waals surface area contributed by atoms with Crippen molar-refractivity contribution < 1.29 is 0 Å². The monoisotopic (exact) mass is 150 g/mol. The van der Waals surface area contributed by atoms with Crippen LogP contribution in [0.4, 0.5) is 0 Å². The van der Waals surface area contributed by atoms with E-state index in [1.807, 2.05) is 0 Å². The molecule has 0 saturated heterocycles. The first-order chi connectivity index (χ1) is 5.43. The number of nitrogens with one attached hydrogen (secondary N) is 1. The summed E-state index contributed by atoms with van der Waals surface area (Å²) in [7, 11) is 0. The van der Waals surface area contributed by atoms with E-state index in [0.29, 0.717) is 0 Å². The van der Waals surface area contributed by atoms with Crippen LogP contribution in [0.3, 0.4) is 0 Å². The van der Waals surface area contributed by atoms with Gasteiger partial charge in [0, 0.05) is 25.9 Å². The van der Waals surface area contributed by atoms with Crippen molar-refractivity contribution in [2.24, 2.45) is 4.99 Å². The van der Waals surface area contributed by atoms with E-state index in [9.17, 15) is 0 Å². The van der Waals surface area contributed by atoms with Crippen LogP contribution >= 0.6 is 0 Å². The fraction of sp³-hybridized carbons (Fsp3) is 0.667. The van der Waals surface area contributed by atoms with Crippen molar-refractivity contribution in [3.63, 3.8) is 0 Å². The van der Waals surface area contributed by atoms with Gasteiger partial charge in [0.1, 0.15) is 0 Å². The molecule has 60 valence electrons. The summed E-state index contributed by atoms with van der Waals surface area (Å²) in [6, 6.07) is 0. The molecule has 1 aliphatic rings. The number of rotatable bonds is 2. The molecular weight excluding hydrogens is 136 g/mol. The number of terminal acetylenes is 1. The highest BCUT2D eigenvalue weighted by molar-refractivity contribution is 5.82. The summed E-state index contributed by atoms with van der Waals surface area (Å²) in [5, 5.41) is 3.23. The van der Waals surface area contributed by atoms with E-state index in [1.54, 1.807) is 0 Å². The summed E-state index contributed by atoms with van der Waals surface area (Å²) in [6.45, 7) is 1.85. The van der Waals surface area contributed by atoms with E-state index in [1.165, 1.54) is 12.8 Å². The van der Waals surface area contributed by atoms with Crippen molar-refractivity contribution in [3.05, 3.63) is 0 Å². The number of hydrogen-bond acceptors (Lipinski definition) is 2. The molecule has 0 aromatic carbocycles. The molecule has 0 bridgehead atoms. The van der Waals surface area contributed by atoms with E-state index in [-0.39, 0.29) is 0 Å². The minimum atomic E-state index is 0.791. The van der Waals surface area contributed by atoms with Crippen molar-refractivity contribution in [1.29, 1.82) is 0 Å². The summed E-state index contributed by atoms with van der Waals surface area (Å²) in [6.07, 6.45) is 9.51. The molecule has 0 unspecified atom stereocenters. The molecule has 0 aromatic rings. The summed E-state index contributed by atoms with van der Waals surface area (Å²) >= 11 is 0. The molecule has 1 heterocycles. The van der Waals surface area contributed by atoms with E-state index in [0.717, 1.165) is 31.8 Å². The van der Waals surface area contributed by atoms with Crippen LogP contribution in [0.1, 0.15) is 25.7 Å². The van der Waals surface area contributed by atoms with Crippen LogP contribution < -0.4 is 5.32 Å². The fourth-order valence-corrected chi connectivity index (χ4v) is 1.12. The maximum atomic E-state index is 5.11. The number of amidine groups is 1. The smallest absolute Gasteiger partial charge is 0.0963 e. The van der Waals surface area contributed by atoms with Gasteiger partial charge in [-0.05, 0) is 12.8 Å². The lowest BCUT2D eigenvalue weighted by Crippen LogP contribution is -2.26. The van der Waals surface area contributed by atoms with Gasteiger partial charge < -0.3 is 5.32 Å². The predicted octanol–water partition coefficient (Wildman–Crippen LogP) is 1.18. The molecule has 0 amide bonds. The van der Waals surface area contributed by atoms with Crippen LogP contribution in [0, 0.1) is 12.3 Å². The summed E-state index contributed by atoms with van der Waals surface area (Å²) in [5.74, 6) is 3.73. The maximum absolute atomic E-state index is 5.11. The van der Waals surface area contributed by atoms with Gasteiger partial charge in [-0.25, -0.2) is 0 Å². The molecular formula is C9H14N2. The Balaban J connectivity index is 2.15. The molecule has 1 rings (SSSR count). The van der Waals surface area contributed by atoms with Crippen LogP contribution in [0.15, 0.2) is 4.99 Å². The Bertz CT molecular complexity index is 176. The maximum Gasteiger partial charge on any atom is 0.0963 e. The topological polar surface area (TPSA) is 24.4 Å². The van der Waals surface area contributed by atoms with Crippen molar-refractivity contribution in [2.45, 2.75) is 25.7 Å². The first-order valence-electron chi connectivity index (χ1n) is 4.14. The largest absolute Gasteiger partial charge is 0.373 e. The van der Waals surface area contributed by atoms with Gasteiger partial charge in [0.15, 0.2) is 0 Å². The molecule has 0 fully saturated rings. The third kappa shape index (κ3) is 3.08. The van der Waals surface area contributed by atoms with Gasteiger partial charge in [-0.3, -0.25) is 4.99 Å². The summed E-state index contributed by atoms with van der Waals surface area (Å²) in [4.78, 5) is 4.34. The quantitative estimate of drug-likeness (QED) is 0.464. The van der Waals surface area contributed by atoms with Gasteiger partial charge in [-0.15, -0.1) is 12.3 Å². The van der Waals surface area contributed by atoms with Crippen LogP contribution in [0.25, 0.3) is 0 Å². The number of hydrogen-bond donors (Lipinski definition) is 1. The van der Waals surface area contributed by atoms with Crippen molar-refractivity contribution in [3.8, 4) is 12.3 Å². The van der Waals surface area contributed by atoms with E-state index < -0.39 is 0 Å². The number of aliphatic imine (C=N–C) groups is 1. The van der Waals surface area contributed by atoms with Crippen LogP contribution in [-0.2, 0) is 0 Å². The fourth-order valence-electron chi connectivity index (χ4n) is 1.12. The van der Waals surface area contributed by atoms with Crippen molar-refractivity contribution >= 4 is 5.84 Å².